The van der Waals surface area contributed by atoms with Gasteiger partial charge in [0.05, 0.1) is 28.4 Å². The lowest BCUT2D eigenvalue weighted by molar-refractivity contribution is -0.121. The highest BCUT2D eigenvalue weighted by Crippen LogP contribution is 2.34. The van der Waals surface area contributed by atoms with Crippen LogP contribution >= 0.6 is 11.3 Å². The minimum Gasteiger partial charge on any atom is -0.424 e. The summed E-state index contributed by atoms with van der Waals surface area (Å²) in [6.07, 6.45) is 3.58. The predicted molar refractivity (Wildman–Crippen MR) is 114 cm³/mol. The molecule has 4 aromatic rings. The molecule has 8 nitrogen and oxygen atoms in total. The van der Waals surface area contributed by atoms with Crippen molar-refractivity contribution in [1.29, 1.82) is 5.26 Å². The second kappa shape index (κ2) is 7.56. The summed E-state index contributed by atoms with van der Waals surface area (Å²) >= 11 is 1.56. The van der Waals surface area contributed by atoms with Crippen LogP contribution in [-0.4, -0.2) is 31.6 Å². The molecule has 1 N–H and O–H groups in total. The third-order valence-corrected chi connectivity index (χ3v) is 6.12. The summed E-state index contributed by atoms with van der Waals surface area (Å²) in [6, 6.07) is 12.3. The average molecular weight is 430 g/mol. The van der Waals surface area contributed by atoms with Gasteiger partial charge in [0.25, 0.3) is 0 Å². The number of rotatable bonds is 6. The number of aromatic nitrogens is 4. The fourth-order valence-electron chi connectivity index (χ4n) is 3.24. The molecule has 1 aliphatic carbocycles. The zero-order chi connectivity index (χ0) is 21.4. The van der Waals surface area contributed by atoms with Crippen molar-refractivity contribution in [3.8, 4) is 17.3 Å². The molecule has 1 aliphatic rings. The first kappa shape index (κ1) is 19.3. The number of amides is 1. The van der Waals surface area contributed by atoms with Crippen molar-refractivity contribution in [1.82, 2.24) is 25.5 Å². The smallest absolute Gasteiger partial charge is 0.230 e. The van der Waals surface area contributed by atoms with Gasteiger partial charge in [-0.1, -0.05) is 12.1 Å². The lowest BCUT2D eigenvalue weighted by atomic mass is 10.1. The molecule has 0 bridgehead atoms. The molecule has 31 heavy (non-hydrogen) atoms. The van der Waals surface area contributed by atoms with E-state index in [0.29, 0.717) is 25.2 Å². The quantitative estimate of drug-likeness (QED) is 0.498. The normalized spacial score (nSPS) is 14.3. The van der Waals surface area contributed by atoms with Crippen LogP contribution in [0, 0.1) is 18.3 Å². The topological polar surface area (TPSA) is 118 Å². The molecule has 3 heterocycles. The van der Waals surface area contributed by atoms with Crippen molar-refractivity contribution >= 4 is 27.5 Å². The summed E-state index contributed by atoms with van der Waals surface area (Å²) in [4.78, 5) is 21.2. The van der Waals surface area contributed by atoms with Gasteiger partial charge in [0, 0.05) is 11.8 Å². The van der Waals surface area contributed by atoms with Crippen LogP contribution in [0.4, 0.5) is 0 Å². The van der Waals surface area contributed by atoms with E-state index in [1.54, 1.807) is 11.3 Å². The van der Waals surface area contributed by atoms with Crippen LogP contribution in [-0.2, 0) is 17.6 Å². The number of nitrogens with one attached hydrogen (secondary N) is 1. The number of carbonyl (C=O) groups is 1. The van der Waals surface area contributed by atoms with E-state index in [2.05, 4.69) is 37.6 Å². The Hall–Kier alpha value is -3.64. The average Bonchev–Trinajstić information content (AvgIpc) is 3.20. The van der Waals surface area contributed by atoms with Gasteiger partial charge in [-0.05, 0) is 43.5 Å². The molecule has 0 spiro atoms. The first-order chi connectivity index (χ1) is 15.0. The molecular formula is C22H18N6O2S. The summed E-state index contributed by atoms with van der Waals surface area (Å²) in [6.45, 7) is 2.01. The van der Waals surface area contributed by atoms with Crippen molar-refractivity contribution in [3.05, 3.63) is 58.9 Å². The number of nitrogens with zero attached hydrogens (tertiary/aromatic N) is 5. The van der Waals surface area contributed by atoms with Gasteiger partial charge in [-0.2, -0.15) is 5.26 Å². The minimum atomic E-state index is -0.701. The highest BCUT2D eigenvalue weighted by molar-refractivity contribution is 7.18. The maximum Gasteiger partial charge on any atom is 0.230 e. The highest BCUT2D eigenvalue weighted by Gasteiger charge is 2.44. The van der Waals surface area contributed by atoms with Gasteiger partial charge in [0.1, 0.15) is 17.0 Å². The fourth-order valence-corrected chi connectivity index (χ4v) is 4.24. The molecule has 5 rings (SSSR count). The van der Waals surface area contributed by atoms with Crippen molar-refractivity contribution in [2.45, 2.75) is 38.1 Å². The number of pyridine rings is 1. The molecule has 0 saturated heterocycles. The highest BCUT2D eigenvalue weighted by atomic mass is 32.1. The van der Waals surface area contributed by atoms with Crippen LogP contribution in [0.15, 0.2) is 40.9 Å². The van der Waals surface area contributed by atoms with Gasteiger partial charge < -0.3 is 9.73 Å². The largest absolute Gasteiger partial charge is 0.424 e. The number of carbonyl (C=O) groups excluding carboxylic acids is 1. The zero-order valence-corrected chi connectivity index (χ0v) is 17.6. The number of benzene rings is 1. The molecular weight excluding hydrogens is 412 g/mol. The summed E-state index contributed by atoms with van der Waals surface area (Å²) in [5.41, 5.74) is 3.29. The van der Waals surface area contributed by atoms with Gasteiger partial charge in [-0.25, -0.2) is 4.98 Å². The summed E-state index contributed by atoms with van der Waals surface area (Å²) in [5.74, 6) is 0.352. The Morgan fingerprint density at radius 2 is 2.10 bits per heavy atom. The first-order valence-corrected chi connectivity index (χ1v) is 10.7. The van der Waals surface area contributed by atoms with Crippen LogP contribution < -0.4 is 5.32 Å². The Kier molecular flexibility index (Phi) is 4.71. The Bertz CT molecular complexity index is 1310. The van der Waals surface area contributed by atoms with Crippen LogP contribution in [0.1, 0.15) is 35.2 Å². The van der Waals surface area contributed by atoms with E-state index in [1.165, 1.54) is 0 Å². The molecule has 1 aromatic carbocycles. The van der Waals surface area contributed by atoms with E-state index in [9.17, 15) is 4.79 Å². The Labute approximate surface area is 182 Å². The van der Waals surface area contributed by atoms with Crippen LogP contribution in [0.2, 0.25) is 0 Å². The molecule has 1 amide bonds. The molecule has 154 valence electrons. The van der Waals surface area contributed by atoms with E-state index in [1.807, 2.05) is 37.4 Å². The number of hydrogen-bond donors (Lipinski definition) is 1. The van der Waals surface area contributed by atoms with Crippen molar-refractivity contribution in [2.24, 2.45) is 0 Å². The minimum absolute atomic E-state index is 0.0385. The third kappa shape index (κ3) is 4.15. The standard InChI is InChI=1S/C22H18N6O2S/c1-13-2-4-15(24-11-13)14-3-5-16-17(8-14)31-21(25-16)10-20-28-27-19(30-20)9-18(29)26-22(12-23)6-7-22/h2-5,8,11H,6-7,9-10H2,1H3,(H,26,29). The lowest BCUT2D eigenvalue weighted by Gasteiger charge is -2.06. The second-order valence-corrected chi connectivity index (χ2v) is 8.81. The Balaban J connectivity index is 1.28. The SMILES string of the molecule is Cc1ccc(-c2ccc3nc(Cc4nnc(CC(=O)NC5(C#N)CC5)o4)sc3c2)nc1. The molecule has 0 aliphatic heterocycles. The maximum atomic E-state index is 12.1. The van der Waals surface area contributed by atoms with Crippen molar-refractivity contribution in [3.63, 3.8) is 0 Å². The van der Waals surface area contributed by atoms with Crippen molar-refractivity contribution < 1.29 is 9.21 Å². The third-order valence-electron chi connectivity index (χ3n) is 5.11. The van der Waals surface area contributed by atoms with E-state index >= 15 is 0 Å². The molecule has 1 saturated carbocycles. The van der Waals surface area contributed by atoms with Gasteiger partial charge in [0.15, 0.2) is 0 Å². The molecule has 9 heteroatoms. The molecule has 3 aromatic heterocycles. The molecule has 0 radical (unpaired) electrons. The zero-order valence-electron chi connectivity index (χ0n) is 16.8. The second-order valence-electron chi connectivity index (χ2n) is 7.70. The van der Waals surface area contributed by atoms with Gasteiger partial charge in [-0.15, -0.1) is 21.5 Å². The van der Waals surface area contributed by atoms with E-state index in [4.69, 9.17) is 9.68 Å². The monoisotopic (exact) mass is 430 g/mol. The lowest BCUT2D eigenvalue weighted by Crippen LogP contribution is -2.36. The maximum absolute atomic E-state index is 12.1. The van der Waals surface area contributed by atoms with Gasteiger partial charge in [-0.3, -0.25) is 9.78 Å². The number of nitriles is 1. The number of aryl methyl sites for hydroxylation is 1. The van der Waals surface area contributed by atoms with E-state index in [0.717, 1.165) is 32.0 Å². The fraction of sp³-hybridized carbons (Fsp3) is 0.273. The first-order valence-electron chi connectivity index (χ1n) is 9.88. The van der Waals surface area contributed by atoms with Crippen LogP contribution in [0.5, 0.6) is 0 Å². The number of thiazole rings is 1. The summed E-state index contributed by atoms with van der Waals surface area (Å²) in [7, 11) is 0. The Morgan fingerprint density at radius 3 is 2.84 bits per heavy atom. The summed E-state index contributed by atoms with van der Waals surface area (Å²) in [5, 5.41) is 20.6. The Morgan fingerprint density at radius 1 is 1.26 bits per heavy atom. The number of hydrogen-bond acceptors (Lipinski definition) is 8. The predicted octanol–water partition coefficient (Wildman–Crippen LogP) is 3.36. The summed E-state index contributed by atoms with van der Waals surface area (Å²) < 4.78 is 6.67. The molecule has 1 fully saturated rings. The van der Waals surface area contributed by atoms with Crippen LogP contribution in [0.3, 0.4) is 0 Å². The van der Waals surface area contributed by atoms with Crippen molar-refractivity contribution in [2.75, 3.05) is 0 Å². The molecule has 0 atom stereocenters. The molecule has 0 unspecified atom stereocenters. The van der Waals surface area contributed by atoms with Crippen LogP contribution in [0.25, 0.3) is 21.5 Å². The van der Waals surface area contributed by atoms with E-state index in [-0.39, 0.29) is 18.2 Å². The number of fused-ring (bicyclic) bond motifs is 1. The van der Waals surface area contributed by atoms with Gasteiger partial charge >= 0.3 is 0 Å². The van der Waals surface area contributed by atoms with E-state index < -0.39 is 5.54 Å². The van der Waals surface area contributed by atoms with Gasteiger partial charge in [0.2, 0.25) is 17.7 Å².